The van der Waals surface area contributed by atoms with Gasteiger partial charge in [0.15, 0.2) is 4.90 Å². The summed E-state index contributed by atoms with van der Waals surface area (Å²) in [7, 11) is -4.08. The molecule has 0 amide bonds. The molecular formula is C11H13N3O4S. The zero-order valence-electron chi connectivity index (χ0n) is 10.2. The summed E-state index contributed by atoms with van der Waals surface area (Å²) in [6, 6.07) is 5.94. The first-order chi connectivity index (χ1) is 8.92. The van der Waals surface area contributed by atoms with Gasteiger partial charge in [-0.2, -0.15) is 9.98 Å². The van der Waals surface area contributed by atoms with Crippen LogP contribution in [0.1, 0.15) is 19.8 Å². The molecule has 0 spiro atoms. The lowest BCUT2D eigenvalue weighted by Crippen LogP contribution is -2.34. The smallest absolute Gasteiger partial charge is 0.258 e. The SMILES string of the molecule is CCCC(C#N)NS(=O)(=O)c1ccccc1[N+](=O)[O-]. The van der Waals surface area contributed by atoms with Crippen molar-refractivity contribution < 1.29 is 13.3 Å². The molecule has 1 aromatic rings. The third-order valence-corrected chi connectivity index (χ3v) is 3.90. The van der Waals surface area contributed by atoms with E-state index < -0.39 is 31.6 Å². The minimum Gasteiger partial charge on any atom is -0.258 e. The molecule has 0 fully saturated rings. The van der Waals surface area contributed by atoms with Crippen LogP contribution in [0.15, 0.2) is 29.2 Å². The highest BCUT2D eigenvalue weighted by atomic mass is 32.2. The van der Waals surface area contributed by atoms with Crippen LogP contribution in [0, 0.1) is 21.4 Å². The van der Waals surface area contributed by atoms with Crippen molar-refractivity contribution in [3.63, 3.8) is 0 Å². The lowest BCUT2D eigenvalue weighted by Gasteiger charge is -2.11. The summed E-state index contributed by atoms with van der Waals surface area (Å²) in [5, 5.41) is 19.6. The van der Waals surface area contributed by atoms with E-state index in [0.717, 1.165) is 12.1 Å². The van der Waals surface area contributed by atoms with Crippen molar-refractivity contribution in [1.29, 1.82) is 5.26 Å². The van der Waals surface area contributed by atoms with Gasteiger partial charge in [-0.3, -0.25) is 10.1 Å². The van der Waals surface area contributed by atoms with Gasteiger partial charge >= 0.3 is 0 Å². The largest absolute Gasteiger partial charge is 0.289 e. The predicted octanol–water partition coefficient (Wildman–Crippen LogP) is 1.57. The lowest BCUT2D eigenvalue weighted by molar-refractivity contribution is -0.387. The number of nitriles is 1. The molecule has 1 unspecified atom stereocenters. The highest BCUT2D eigenvalue weighted by Gasteiger charge is 2.27. The minimum atomic E-state index is -4.08. The molecule has 0 aliphatic heterocycles. The van der Waals surface area contributed by atoms with Gasteiger partial charge in [0.1, 0.15) is 6.04 Å². The van der Waals surface area contributed by atoms with Crippen molar-refractivity contribution in [2.24, 2.45) is 0 Å². The maximum absolute atomic E-state index is 12.0. The quantitative estimate of drug-likeness (QED) is 0.628. The molecule has 19 heavy (non-hydrogen) atoms. The Morgan fingerprint density at radius 1 is 1.47 bits per heavy atom. The summed E-state index contributed by atoms with van der Waals surface area (Å²) in [4.78, 5) is 9.60. The molecule has 7 nitrogen and oxygen atoms in total. The van der Waals surface area contributed by atoms with E-state index in [0.29, 0.717) is 12.8 Å². The topological polar surface area (TPSA) is 113 Å². The summed E-state index contributed by atoms with van der Waals surface area (Å²) in [6.07, 6.45) is 0.966. The van der Waals surface area contributed by atoms with Crippen LogP contribution in [0.5, 0.6) is 0 Å². The molecule has 1 atom stereocenters. The molecular weight excluding hydrogens is 270 g/mol. The Morgan fingerprint density at radius 2 is 2.11 bits per heavy atom. The van der Waals surface area contributed by atoms with Gasteiger partial charge in [-0.25, -0.2) is 8.42 Å². The molecule has 102 valence electrons. The van der Waals surface area contributed by atoms with Crippen molar-refractivity contribution in [2.75, 3.05) is 0 Å². The second-order valence-corrected chi connectivity index (χ2v) is 5.50. The Morgan fingerprint density at radius 3 is 2.63 bits per heavy atom. The van der Waals surface area contributed by atoms with Crippen LogP contribution in [-0.2, 0) is 10.0 Å². The number of benzene rings is 1. The van der Waals surface area contributed by atoms with E-state index in [4.69, 9.17) is 5.26 Å². The van der Waals surface area contributed by atoms with Crippen LogP contribution in [0.2, 0.25) is 0 Å². The molecule has 8 heteroatoms. The van der Waals surface area contributed by atoms with E-state index in [-0.39, 0.29) is 0 Å². The second kappa shape index (κ2) is 6.26. The number of nitrogens with zero attached hydrogens (tertiary/aromatic N) is 2. The highest BCUT2D eigenvalue weighted by molar-refractivity contribution is 7.89. The summed E-state index contributed by atoms with van der Waals surface area (Å²) in [6.45, 7) is 1.81. The maximum atomic E-state index is 12.0. The van der Waals surface area contributed by atoms with Gasteiger partial charge in [-0.15, -0.1) is 0 Å². The number of nitrogens with one attached hydrogen (secondary N) is 1. The van der Waals surface area contributed by atoms with Gasteiger partial charge < -0.3 is 0 Å². The third kappa shape index (κ3) is 3.74. The van der Waals surface area contributed by atoms with E-state index in [1.165, 1.54) is 12.1 Å². The first-order valence-corrected chi connectivity index (χ1v) is 7.06. The fourth-order valence-electron chi connectivity index (χ4n) is 1.52. The van der Waals surface area contributed by atoms with Crippen LogP contribution >= 0.6 is 0 Å². The van der Waals surface area contributed by atoms with Crippen LogP contribution in [0.4, 0.5) is 5.69 Å². The first-order valence-electron chi connectivity index (χ1n) is 5.57. The third-order valence-electron chi connectivity index (χ3n) is 2.38. The number of sulfonamides is 1. The first kappa shape index (κ1) is 15.1. The van der Waals surface area contributed by atoms with Gasteiger partial charge in [0, 0.05) is 6.07 Å². The van der Waals surface area contributed by atoms with Crippen LogP contribution in [0.3, 0.4) is 0 Å². The Bertz CT molecular complexity index is 607. The van der Waals surface area contributed by atoms with Crippen molar-refractivity contribution in [3.8, 4) is 6.07 Å². The second-order valence-electron chi connectivity index (χ2n) is 3.82. The van der Waals surface area contributed by atoms with Gasteiger partial charge in [-0.1, -0.05) is 25.5 Å². The fourth-order valence-corrected chi connectivity index (χ4v) is 2.87. The zero-order chi connectivity index (χ0) is 14.5. The Labute approximate surface area is 111 Å². The van der Waals surface area contributed by atoms with Crippen molar-refractivity contribution >= 4 is 15.7 Å². The number of hydrogen-bond donors (Lipinski definition) is 1. The Balaban J connectivity index is 3.15. The number of nitro groups is 1. The van der Waals surface area contributed by atoms with E-state index in [1.54, 1.807) is 0 Å². The van der Waals surface area contributed by atoms with Gasteiger partial charge in [-0.05, 0) is 12.5 Å². The molecule has 0 saturated carbocycles. The number of para-hydroxylation sites is 1. The molecule has 0 heterocycles. The summed E-state index contributed by atoms with van der Waals surface area (Å²) >= 11 is 0. The molecule has 0 saturated heterocycles. The van der Waals surface area contributed by atoms with Crippen molar-refractivity contribution in [3.05, 3.63) is 34.4 Å². The lowest BCUT2D eigenvalue weighted by atomic mass is 10.2. The summed E-state index contributed by atoms with van der Waals surface area (Å²) in [5.41, 5.74) is -0.511. The predicted molar refractivity (Wildman–Crippen MR) is 67.7 cm³/mol. The number of nitro benzene ring substituents is 1. The molecule has 0 radical (unpaired) electrons. The zero-order valence-corrected chi connectivity index (χ0v) is 11.1. The Kier molecular flexibility index (Phi) is 4.97. The van der Waals surface area contributed by atoms with Gasteiger partial charge in [0.05, 0.1) is 11.0 Å². The molecule has 0 aliphatic rings. The van der Waals surface area contributed by atoms with Crippen LogP contribution < -0.4 is 4.72 Å². The molecule has 1 aromatic carbocycles. The summed E-state index contributed by atoms with van der Waals surface area (Å²) in [5.74, 6) is 0. The van der Waals surface area contributed by atoms with Crippen molar-refractivity contribution in [2.45, 2.75) is 30.7 Å². The molecule has 0 aliphatic carbocycles. The summed E-state index contributed by atoms with van der Waals surface area (Å²) < 4.78 is 26.2. The highest BCUT2D eigenvalue weighted by Crippen LogP contribution is 2.23. The monoisotopic (exact) mass is 283 g/mol. The number of hydrogen-bond acceptors (Lipinski definition) is 5. The van der Waals surface area contributed by atoms with Crippen LogP contribution in [0.25, 0.3) is 0 Å². The maximum Gasteiger partial charge on any atom is 0.289 e. The molecule has 0 bridgehead atoms. The van der Waals surface area contributed by atoms with Gasteiger partial charge in [0.25, 0.3) is 5.69 Å². The standard InChI is InChI=1S/C11H13N3O4S/c1-2-5-9(8-12)13-19(17,18)11-7-4-3-6-10(11)14(15)16/h3-4,6-7,9,13H,2,5H2,1H3. The van der Waals surface area contributed by atoms with Crippen molar-refractivity contribution in [1.82, 2.24) is 4.72 Å². The van der Waals surface area contributed by atoms with E-state index >= 15 is 0 Å². The number of rotatable bonds is 6. The van der Waals surface area contributed by atoms with E-state index in [2.05, 4.69) is 4.72 Å². The van der Waals surface area contributed by atoms with Crippen LogP contribution in [-0.4, -0.2) is 19.4 Å². The molecule has 1 rings (SSSR count). The minimum absolute atomic E-state index is 0.344. The Hall–Kier alpha value is -1.98. The average molecular weight is 283 g/mol. The van der Waals surface area contributed by atoms with Gasteiger partial charge in [0.2, 0.25) is 10.0 Å². The fraction of sp³-hybridized carbons (Fsp3) is 0.364. The van der Waals surface area contributed by atoms with E-state index in [9.17, 15) is 18.5 Å². The normalized spacial score (nSPS) is 12.6. The molecule has 0 aromatic heterocycles. The molecule has 1 N–H and O–H groups in total. The average Bonchev–Trinajstić information content (AvgIpc) is 2.38. The van der Waals surface area contributed by atoms with E-state index in [1.807, 2.05) is 13.0 Å².